The largest absolute Gasteiger partial charge is 0.497 e. The van der Waals surface area contributed by atoms with Crippen LogP contribution in [0.15, 0.2) is 23.1 Å². The summed E-state index contributed by atoms with van der Waals surface area (Å²) < 4.78 is 4.97. The Labute approximate surface area is 98.6 Å². The van der Waals surface area contributed by atoms with Crippen molar-refractivity contribution in [3.63, 3.8) is 0 Å². The number of anilines is 1. The lowest BCUT2D eigenvalue weighted by atomic mass is 9.83. The lowest BCUT2D eigenvalue weighted by Crippen LogP contribution is -2.47. The number of nitrogens with one attached hydrogen (secondary N) is 1. The first-order chi connectivity index (χ1) is 7.73. The Bertz CT molecular complexity index is 454. The molecular formula is C12H13NO2S. The zero-order chi connectivity index (χ0) is 11.2. The van der Waals surface area contributed by atoms with E-state index in [4.69, 9.17) is 4.74 Å². The second kappa shape index (κ2) is 3.42. The quantitative estimate of drug-likeness (QED) is 0.813. The molecule has 0 radical (unpaired) electrons. The van der Waals surface area contributed by atoms with Crippen LogP contribution in [0.4, 0.5) is 5.69 Å². The van der Waals surface area contributed by atoms with Crippen molar-refractivity contribution in [2.45, 2.75) is 28.9 Å². The molecule has 0 bridgehead atoms. The van der Waals surface area contributed by atoms with Gasteiger partial charge in [-0.2, -0.15) is 0 Å². The number of rotatable bonds is 1. The third kappa shape index (κ3) is 1.33. The van der Waals surface area contributed by atoms with Gasteiger partial charge in [-0.1, -0.05) is 0 Å². The maximum atomic E-state index is 12.0. The van der Waals surface area contributed by atoms with Crippen LogP contribution in [-0.4, -0.2) is 17.8 Å². The van der Waals surface area contributed by atoms with E-state index in [1.165, 1.54) is 0 Å². The highest BCUT2D eigenvalue weighted by molar-refractivity contribution is 8.01. The molecule has 2 aliphatic rings. The molecule has 1 aliphatic carbocycles. The Kier molecular flexibility index (Phi) is 2.14. The molecular weight excluding hydrogens is 222 g/mol. The van der Waals surface area contributed by atoms with Crippen LogP contribution in [0.25, 0.3) is 0 Å². The molecule has 84 valence electrons. The van der Waals surface area contributed by atoms with Crippen molar-refractivity contribution in [2.75, 3.05) is 12.4 Å². The molecule has 1 heterocycles. The van der Waals surface area contributed by atoms with E-state index in [9.17, 15) is 4.79 Å². The molecule has 1 spiro atoms. The van der Waals surface area contributed by atoms with Crippen molar-refractivity contribution in [2.24, 2.45) is 0 Å². The van der Waals surface area contributed by atoms with E-state index >= 15 is 0 Å². The van der Waals surface area contributed by atoms with Crippen molar-refractivity contribution >= 4 is 23.4 Å². The minimum Gasteiger partial charge on any atom is -0.497 e. The zero-order valence-corrected chi connectivity index (χ0v) is 9.89. The molecule has 1 aromatic carbocycles. The van der Waals surface area contributed by atoms with Gasteiger partial charge in [0.15, 0.2) is 0 Å². The van der Waals surface area contributed by atoms with Crippen LogP contribution in [0, 0.1) is 0 Å². The molecule has 1 saturated carbocycles. The van der Waals surface area contributed by atoms with E-state index in [0.29, 0.717) is 0 Å². The van der Waals surface area contributed by atoms with Crippen molar-refractivity contribution in [1.29, 1.82) is 0 Å². The Morgan fingerprint density at radius 1 is 1.44 bits per heavy atom. The van der Waals surface area contributed by atoms with Crippen LogP contribution in [-0.2, 0) is 4.79 Å². The summed E-state index contributed by atoms with van der Waals surface area (Å²) in [7, 11) is 1.63. The summed E-state index contributed by atoms with van der Waals surface area (Å²) >= 11 is 1.71. The van der Waals surface area contributed by atoms with Gasteiger partial charge >= 0.3 is 0 Å². The van der Waals surface area contributed by atoms with Gasteiger partial charge in [0.1, 0.15) is 5.75 Å². The molecule has 3 nitrogen and oxygen atoms in total. The highest BCUT2D eigenvalue weighted by Gasteiger charge is 2.47. The summed E-state index contributed by atoms with van der Waals surface area (Å²) in [4.78, 5) is 13.1. The average Bonchev–Trinajstić information content (AvgIpc) is 2.25. The van der Waals surface area contributed by atoms with Crippen LogP contribution in [0.3, 0.4) is 0 Å². The van der Waals surface area contributed by atoms with E-state index in [1.807, 2.05) is 18.2 Å². The van der Waals surface area contributed by atoms with Crippen molar-refractivity contribution in [1.82, 2.24) is 0 Å². The maximum absolute atomic E-state index is 12.0. The van der Waals surface area contributed by atoms with Gasteiger partial charge in [0.2, 0.25) is 5.91 Å². The molecule has 0 atom stereocenters. The minimum absolute atomic E-state index is 0.157. The van der Waals surface area contributed by atoms with Gasteiger partial charge in [-0.15, -0.1) is 11.8 Å². The maximum Gasteiger partial charge on any atom is 0.241 e. The first-order valence-corrected chi connectivity index (χ1v) is 6.24. The monoisotopic (exact) mass is 235 g/mol. The van der Waals surface area contributed by atoms with E-state index in [2.05, 4.69) is 5.32 Å². The fourth-order valence-corrected chi connectivity index (χ4v) is 3.56. The van der Waals surface area contributed by atoms with Crippen molar-refractivity contribution < 1.29 is 9.53 Å². The third-order valence-corrected chi connectivity index (χ3v) is 4.88. The van der Waals surface area contributed by atoms with Gasteiger partial charge in [0.05, 0.1) is 17.5 Å². The zero-order valence-electron chi connectivity index (χ0n) is 9.08. The Hall–Kier alpha value is -1.16. The lowest BCUT2D eigenvalue weighted by Gasteiger charge is -2.42. The summed E-state index contributed by atoms with van der Waals surface area (Å²) in [6.07, 6.45) is 3.15. The van der Waals surface area contributed by atoms with E-state index < -0.39 is 0 Å². The van der Waals surface area contributed by atoms with E-state index in [-0.39, 0.29) is 10.7 Å². The second-order valence-electron chi connectivity index (χ2n) is 4.27. The highest BCUT2D eigenvalue weighted by atomic mass is 32.2. The van der Waals surface area contributed by atoms with Gasteiger partial charge in [0, 0.05) is 11.0 Å². The Morgan fingerprint density at radius 2 is 2.25 bits per heavy atom. The third-order valence-electron chi connectivity index (χ3n) is 3.32. The fourth-order valence-electron chi connectivity index (χ4n) is 2.14. The number of ether oxygens (including phenoxy) is 1. The number of thioether (sulfide) groups is 1. The van der Waals surface area contributed by atoms with Gasteiger partial charge in [-0.05, 0) is 31.4 Å². The van der Waals surface area contributed by atoms with E-state index in [0.717, 1.165) is 35.6 Å². The molecule has 3 rings (SSSR count). The van der Waals surface area contributed by atoms with Gasteiger partial charge in [0.25, 0.3) is 0 Å². The predicted octanol–water partition coefficient (Wildman–Crippen LogP) is 2.66. The summed E-state index contributed by atoms with van der Waals surface area (Å²) in [6, 6.07) is 5.85. The number of methoxy groups -OCH3 is 1. The van der Waals surface area contributed by atoms with Crippen LogP contribution in [0.5, 0.6) is 5.75 Å². The number of fused-ring (bicyclic) bond motifs is 1. The Morgan fingerprint density at radius 3 is 2.88 bits per heavy atom. The molecule has 1 aromatic rings. The normalized spacial score (nSPS) is 20.9. The standard InChI is InChI=1S/C12H13NO2S/c1-15-8-3-4-10-9(7-8)13-11(14)12(16-10)5-2-6-12/h3-4,7H,2,5-6H2,1H3,(H,13,14). The van der Waals surface area contributed by atoms with Crippen molar-refractivity contribution in [3.05, 3.63) is 18.2 Å². The van der Waals surface area contributed by atoms with Gasteiger partial charge < -0.3 is 10.1 Å². The molecule has 1 aliphatic heterocycles. The summed E-state index contributed by atoms with van der Waals surface area (Å²) in [5.74, 6) is 0.939. The molecule has 0 aromatic heterocycles. The smallest absolute Gasteiger partial charge is 0.241 e. The summed E-state index contributed by atoms with van der Waals surface area (Å²) in [5.41, 5.74) is 0.881. The molecule has 1 amide bonds. The number of benzene rings is 1. The number of hydrogen-bond donors (Lipinski definition) is 1. The van der Waals surface area contributed by atoms with Crippen LogP contribution in [0.1, 0.15) is 19.3 Å². The topological polar surface area (TPSA) is 38.3 Å². The van der Waals surface area contributed by atoms with Crippen LogP contribution < -0.4 is 10.1 Å². The van der Waals surface area contributed by atoms with Crippen molar-refractivity contribution in [3.8, 4) is 5.75 Å². The lowest BCUT2D eigenvalue weighted by molar-refractivity contribution is -0.120. The molecule has 1 fully saturated rings. The minimum atomic E-state index is -0.179. The van der Waals surface area contributed by atoms with E-state index in [1.54, 1.807) is 18.9 Å². The van der Waals surface area contributed by atoms with Gasteiger partial charge in [-0.3, -0.25) is 4.79 Å². The average molecular weight is 235 g/mol. The number of hydrogen-bond acceptors (Lipinski definition) is 3. The Balaban J connectivity index is 1.98. The number of amides is 1. The SMILES string of the molecule is COc1ccc2c(c1)NC(=O)C1(CCC1)S2. The van der Waals surface area contributed by atoms with Crippen LogP contribution in [0.2, 0.25) is 0 Å². The van der Waals surface area contributed by atoms with Gasteiger partial charge in [-0.25, -0.2) is 0 Å². The molecule has 4 heteroatoms. The number of carbonyl (C=O) groups excluding carboxylic acids is 1. The number of carbonyl (C=O) groups is 1. The molecule has 0 unspecified atom stereocenters. The first-order valence-electron chi connectivity index (χ1n) is 5.42. The first kappa shape index (κ1) is 10.0. The molecule has 0 saturated heterocycles. The summed E-state index contributed by atoms with van der Waals surface area (Å²) in [6.45, 7) is 0. The predicted molar refractivity (Wildman–Crippen MR) is 64.1 cm³/mol. The molecule has 16 heavy (non-hydrogen) atoms. The molecule has 1 N–H and O–H groups in total. The summed E-state index contributed by atoms with van der Waals surface area (Å²) in [5, 5.41) is 2.99. The highest BCUT2D eigenvalue weighted by Crippen LogP contribution is 2.53. The fraction of sp³-hybridized carbons (Fsp3) is 0.417. The van der Waals surface area contributed by atoms with Crippen LogP contribution >= 0.6 is 11.8 Å². The second-order valence-corrected chi connectivity index (χ2v) is 5.69.